The van der Waals surface area contributed by atoms with Gasteiger partial charge in [0.15, 0.2) is 0 Å². The molecule has 1 fully saturated rings. The van der Waals surface area contributed by atoms with E-state index in [1.54, 1.807) is 19.0 Å². The maximum absolute atomic E-state index is 11.4. The van der Waals surface area contributed by atoms with Crippen LogP contribution in [0.1, 0.15) is 24.3 Å². The summed E-state index contributed by atoms with van der Waals surface area (Å²) in [5.74, 6) is 0.654. The third-order valence-corrected chi connectivity index (χ3v) is 3.87. The first-order chi connectivity index (χ1) is 8.58. The first kappa shape index (κ1) is 13.4. The van der Waals surface area contributed by atoms with E-state index in [9.17, 15) is 4.79 Å². The lowest BCUT2D eigenvalue weighted by Gasteiger charge is -2.36. The van der Waals surface area contributed by atoms with Gasteiger partial charge in [-0.1, -0.05) is 29.8 Å². The zero-order chi connectivity index (χ0) is 13.1. The van der Waals surface area contributed by atoms with Crippen molar-refractivity contribution in [1.29, 1.82) is 0 Å². The van der Waals surface area contributed by atoms with Crippen LogP contribution in [0, 0.1) is 0 Å². The molecule has 1 aliphatic rings. The average Bonchev–Trinajstić information content (AvgIpc) is 2.28. The van der Waals surface area contributed by atoms with Gasteiger partial charge in [-0.3, -0.25) is 4.79 Å². The minimum Gasteiger partial charge on any atom is -0.348 e. The lowest BCUT2D eigenvalue weighted by Crippen LogP contribution is -2.44. The Kier molecular flexibility index (Phi) is 4.25. The van der Waals surface area contributed by atoms with E-state index in [1.165, 1.54) is 5.56 Å². The highest BCUT2D eigenvalue weighted by Crippen LogP contribution is 2.39. The van der Waals surface area contributed by atoms with Crippen LogP contribution >= 0.6 is 11.6 Å². The first-order valence-corrected chi connectivity index (χ1v) is 6.63. The second-order valence-corrected chi connectivity index (χ2v) is 5.46. The number of hydrogen-bond donors (Lipinski definition) is 1. The number of nitrogens with one attached hydrogen (secondary N) is 1. The van der Waals surface area contributed by atoms with Crippen molar-refractivity contribution in [2.24, 2.45) is 0 Å². The van der Waals surface area contributed by atoms with Gasteiger partial charge in [-0.05, 0) is 30.4 Å². The zero-order valence-electron chi connectivity index (χ0n) is 10.8. The number of carbonyl (C=O) groups is 1. The topological polar surface area (TPSA) is 32.3 Å². The average molecular weight is 267 g/mol. The monoisotopic (exact) mass is 266 g/mol. The number of carbonyl (C=O) groups excluding carboxylic acids is 1. The number of rotatable bonds is 4. The van der Waals surface area contributed by atoms with Crippen LogP contribution in [0.25, 0.3) is 0 Å². The molecule has 1 amide bonds. The van der Waals surface area contributed by atoms with Crippen molar-refractivity contribution in [2.45, 2.75) is 24.8 Å². The Balaban J connectivity index is 1.78. The molecular formula is C14H19ClN2O. The highest BCUT2D eigenvalue weighted by Gasteiger charge is 2.31. The van der Waals surface area contributed by atoms with E-state index in [4.69, 9.17) is 11.6 Å². The third-order valence-electron chi connectivity index (χ3n) is 3.52. The summed E-state index contributed by atoms with van der Waals surface area (Å²) in [7, 11) is 3.55. The molecule has 98 valence electrons. The van der Waals surface area contributed by atoms with Gasteiger partial charge in [-0.25, -0.2) is 0 Å². The molecule has 1 aromatic carbocycles. The molecule has 0 heterocycles. The summed E-state index contributed by atoms with van der Waals surface area (Å²) < 4.78 is 0. The van der Waals surface area contributed by atoms with Crippen LogP contribution in [0.4, 0.5) is 0 Å². The summed E-state index contributed by atoms with van der Waals surface area (Å²) in [6.07, 6.45) is 2.12. The Hall–Kier alpha value is -1.06. The van der Waals surface area contributed by atoms with E-state index in [0.717, 1.165) is 17.9 Å². The van der Waals surface area contributed by atoms with E-state index in [1.807, 2.05) is 18.2 Å². The van der Waals surface area contributed by atoms with E-state index < -0.39 is 0 Å². The van der Waals surface area contributed by atoms with Gasteiger partial charge in [0.1, 0.15) is 0 Å². The number of hydrogen-bond acceptors (Lipinski definition) is 2. The highest BCUT2D eigenvalue weighted by atomic mass is 35.5. The van der Waals surface area contributed by atoms with Crippen molar-refractivity contribution in [3.63, 3.8) is 0 Å². The van der Waals surface area contributed by atoms with E-state index in [-0.39, 0.29) is 5.91 Å². The number of benzene rings is 1. The van der Waals surface area contributed by atoms with Crippen molar-refractivity contribution in [1.82, 2.24) is 10.2 Å². The molecule has 4 heteroatoms. The van der Waals surface area contributed by atoms with Crippen LogP contribution in [-0.4, -0.2) is 37.5 Å². The largest absolute Gasteiger partial charge is 0.348 e. The van der Waals surface area contributed by atoms with Crippen molar-refractivity contribution < 1.29 is 4.79 Å². The second kappa shape index (κ2) is 5.72. The van der Waals surface area contributed by atoms with Gasteiger partial charge >= 0.3 is 0 Å². The summed E-state index contributed by atoms with van der Waals surface area (Å²) >= 11 is 6.17. The van der Waals surface area contributed by atoms with E-state index >= 15 is 0 Å². The molecule has 1 N–H and O–H groups in total. The van der Waals surface area contributed by atoms with Crippen LogP contribution in [0.3, 0.4) is 0 Å². The Bertz CT molecular complexity index is 428. The molecule has 1 aliphatic carbocycles. The maximum Gasteiger partial charge on any atom is 0.236 e. The van der Waals surface area contributed by atoms with Gasteiger partial charge in [0.05, 0.1) is 6.54 Å². The van der Waals surface area contributed by atoms with Crippen LogP contribution in [0.2, 0.25) is 5.02 Å². The first-order valence-electron chi connectivity index (χ1n) is 6.26. The molecule has 0 radical (unpaired) electrons. The van der Waals surface area contributed by atoms with Crippen LogP contribution in [-0.2, 0) is 4.79 Å². The molecule has 0 bridgehead atoms. The molecule has 1 aromatic rings. The SMILES string of the molecule is CN(C)C(=O)CNC1CC(c2ccccc2Cl)C1. The molecular weight excluding hydrogens is 248 g/mol. The summed E-state index contributed by atoms with van der Waals surface area (Å²) in [5, 5.41) is 4.14. The lowest BCUT2D eigenvalue weighted by atomic mass is 9.76. The van der Waals surface area contributed by atoms with Crippen molar-refractivity contribution >= 4 is 17.5 Å². The minimum absolute atomic E-state index is 0.121. The van der Waals surface area contributed by atoms with Gasteiger partial charge < -0.3 is 10.2 Å². The number of nitrogens with zero attached hydrogens (tertiary/aromatic N) is 1. The minimum atomic E-state index is 0.121. The van der Waals surface area contributed by atoms with E-state index in [0.29, 0.717) is 18.5 Å². The Morgan fingerprint density at radius 3 is 2.67 bits per heavy atom. The quantitative estimate of drug-likeness (QED) is 0.907. The molecule has 3 nitrogen and oxygen atoms in total. The molecule has 0 saturated heterocycles. The van der Waals surface area contributed by atoms with Crippen LogP contribution in [0.5, 0.6) is 0 Å². The van der Waals surface area contributed by atoms with Gasteiger partial charge in [0.25, 0.3) is 0 Å². The fraction of sp³-hybridized carbons (Fsp3) is 0.500. The predicted octanol–water partition coefficient (Wildman–Crippen LogP) is 2.26. The Morgan fingerprint density at radius 1 is 1.39 bits per heavy atom. The molecule has 18 heavy (non-hydrogen) atoms. The highest BCUT2D eigenvalue weighted by molar-refractivity contribution is 6.31. The number of amides is 1. The molecule has 0 atom stereocenters. The van der Waals surface area contributed by atoms with Gasteiger partial charge in [0.2, 0.25) is 5.91 Å². The van der Waals surface area contributed by atoms with Crippen LogP contribution in [0.15, 0.2) is 24.3 Å². The molecule has 0 unspecified atom stereocenters. The Morgan fingerprint density at radius 2 is 2.06 bits per heavy atom. The van der Waals surface area contributed by atoms with Gasteiger partial charge in [0, 0.05) is 25.2 Å². The zero-order valence-corrected chi connectivity index (χ0v) is 11.6. The number of halogens is 1. The molecule has 0 aromatic heterocycles. The summed E-state index contributed by atoms with van der Waals surface area (Å²) in [5.41, 5.74) is 1.23. The molecule has 2 rings (SSSR count). The molecule has 1 saturated carbocycles. The van der Waals surface area contributed by atoms with E-state index in [2.05, 4.69) is 11.4 Å². The predicted molar refractivity (Wildman–Crippen MR) is 73.9 cm³/mol. The number of likely N-dealkylation sites (N-methyl/N-ethyl adjacent to an activating group) is 1. The van der Waals surface area contributed by atoms with Gasteiger partial charge in [-0.2, -0.15) is 0 Å². The summed E-state index contributed by atoms with van der Waals surface area (Å²) in [6, 6.07) is 8.45. The molecule has 0 spiro atoms. The summed E-state index contributed by atoms with van der Waals surface area (Å²) in [4.78, 5) is 13.0. The van der Waals surface area contributed by atoms with Crippen LogP contribution < -0.4 is 5.32 Å². The maximum atomic E-state index is 11.4. The second-order valence-electron chi connectivity index (χ2n) is 5.06. The third kappa shape index (κ3) is 3.03. The summed E-state index contributed by atoms with van der Waals surface area (Å²) in [6.45, 7) is 0.424. The lowest BCUT2D eigenvalue weighted by molar-refractivity contribution is -0.128. The standard InChI is InChI=1S/C14H19ClN2O/c1-17(2)14(18)9-16-11-7-10(8-11)12-5-3-4-6-13(12)15/h3-6,10-11,16H,7-9H2,1-2H3. The van der Waals surface area contributed by atoms with Gasteiger partial charge in [-0.15, -0.1) is 0 Å². The normalized spacial score (nSPS) is 22.4. The fourth-order valence-corrected chi connectivity index (χ4v) is 2.52. The molecule has 0 aliphatic heterocycles. The fourth-order valence-electron chi connectivity index (χ4n) is 2.23. The Labute approximate surface area is 113 Å². The smallest absolute Gasteiger partial charge is 0.236 e. The van der Waals surface area contributed by atoms with Crippen molar-refractivity contribution in [2.75, 3.05) is 20.6 Å². The van der Waals surface area contributed by atoms with Crippen molar-refractivity contribution in [3.8, 4) is 0 Å². The van der Waals surface area contributed by atoms with Crippen molar-refractivity contribution in [3.05, 3.63) is 34.9 Å².